The molecule has 21 heavy (non-hydrogen) atoms. The van der Waals surface area contributed by atoms with Crippen LogP contribution in [0.1, 0.15) is 26.3 Å². The van der Waals surface area contributed by atoms with E-state index in [1.54, 1.807) is 26.2 Å². The van der Waals surface area contributed by atoms with Gasteiger partial charge in [0.05, 0.1) is 20.3 Å². The fraction of sp³-hybridized carbons (Fsp3) is 0.562. The van der Waals surface area contributed by atoms with Crippen molar-refractivity contribution in [3.8, 4) is 11.5 Å². The number of carbonyl (C=O) groups is 1. The molecule has 0 bridgehead atoms. The number of ether oxygens (including phenoxy) is 2. The molecule has 0 aliphatic heterocycles. The second-order valence-corrected chi connectivity index (χ2v) is 6.19. The van der Waals surface area contributed by atoms with E-state index in [-0.39, 0.29) is 11.3 Å². The minimum atomic E-state index is -0.542. The first-order chi connectivity index (χ1) is 9.72. The van der Waals surface area contributed by atoms with Crippen molar-refractivity contribution in [1.29, 1.82) is 0 Å². The van der Waals surface area contributed by atoms with Crippen molar-refractivity contribution in [2.45, 2.75) is 33.4 Å². The van der Waals surface area contributed by atoms with Crippen LogP contribution in [-0.2, 0) is 11.3 Å². The molecule has 0 aromatic heterocycles. The number of para-hydroxylation sites is 1. The summed E-state index contributed by atoms with van der Waals surface area (Å²) in [4.78, 5) is 14.0. The molecular formula is C16H26N2O3. The first kappa shape index (κ1) is 17.3. The number of methoxy groups -OCH3 is 2. The van der Waals surface area contributed by atoms with E-state index in [1.165, 1.54) is 0 Å². The van der Waals surface area contributed by atoms with E-state index in [2.05, 4.69) is 0 Å². The average molecular weight is 294 g/mol. The van der Waals surface area contributed by atoms with Crippen molar-refractivity contribution in [1.82, 2.24) is 4.90 Å². The van der Waals surface area contributed by atoms with E-state index in [4.69, 9.17) is 15.2 Å². The number of rotatable bonds is 5. The number of carbonyl (C=O) groups excluding carboxylic acids is 1. The van der Waals surface area contributed by atoms with Crippen LogP contribution in [0.3, 0.4) is 0 Å². The first-order valence-corrected chi connectivity index (χ1v) is 6.92. The Morgan fingerprint density at radius 3 is 2.38 bits per heavy atom. The molecule has 1 rings (SSSR count). The van der Waals surface area contributed by atoms with E-state index < -0.39 is 6.04 Å². The second kappa shape index (κ2) is 6.80. The minimum Gasteiger partial charge on any atom is -0.493 e. The summed E-state index contributed by atoms with van der Waals surface area (Å²) in [5.41, 5.74) is 6.64. The van der Waals surface area contributed by atoms with Gasteiger partial charge in [0.15, 0.2) is 11.5 Å². The molecule has 0 heterocycles. The number of amides is 1. The number of benzene rings is 1. The summed E-state index contributed by atoms with van der Waals surface area (Å²) in [5, 5.41) is 0. The lowest BCUT2D eigenvalue weighted by molar-refractivity contribution is -0.134. The molecule has 0 radical (unpaired) electrons. The Labute approximate surface area is 127 Å². The summed E-state index contributed by atoms with van der Waals surface area (Å²) in [6.45, 7) is 6.28. The van der Waals surface area contributed by atoms with E-state index in [0.717, 1.165) is 5.56 Å². The fourth-order valence-corrected chi connectivity index (χ4v) is 2.02. The van der Waals surface area contributed by atoms with Crippen LogP contribution < -0.4 is 15.2 Å². The molecule has 1 amide bonds. The smallest absolute Gasteiger partial charge is 0.240 e. The van der Waals surface area contributed by atoms with E-state index in [9.17, 15) is 4.79 Å². The molecule has 5 heteroatoms. The van der Waals surface area contributed by atoms with Gasteiger partial charge in [0.2, 0.25) is 5.91 Å². The number of likely N-dealkylation sites (N-methyl/N-ethyl adjacent to an activating group) is 1. The fourth-order valence-electron chi connectivity index (χ4n) is 2.02. The van der Waals surface area contributed by atoms with Gasteiger partial charge in [0.1, 0.15) is 0 Å². The van der Waals surface area contributed by atoms with Crippen LogP contribution in [0.25, 0.3) is 0 Å². The van der Waals surface area contributed by atoms with Crippen molar-refractivity contribution < 1.29 is 14.3 Å². The van der Waals surface area contributed by atoms with Crippen molar-refractivity contribution in [2.75, 3.05) is 21.3 Å². The van der Waals surface area contributed by atoms with E-state index in [1.807, 2.05) is 39.0 Å². The van der Waals surface area contributed by atoms with Gasteiger partial charge in [0.25, 0.3) is 0 Å². The van der Waals surface area contributed by atoms with Gasteiger partial charge in [-0.1, -0.05) is 32.9 Å². The predicted molar refractivity (Wildman–Crippen MR) is 83.5 cm³/mol. The number of hydrogen-bond donors (Lipinski definition) is 1. The predicted octanol–water partition coefficient (Wildman–Crippen LogP) is 2.04. The molecule has 1 aromatic rings. The second-order valence-electron chi connectivity index (χ2n) is 6.19. The molecule has 0 unspecified atom stereocenters. The van der Waals surface area contributed by atoms with Gasteiger partial charge >= 0.3 is 0 Å². The quantitative estimate of drug-likeness (QED) is 0.902. The Bertz CT molecular complexity index is 495. The highest BCUT2D eigenvalue weighted by Gasteiger charge is 2.30. The van der Waals surface area contributed by atoms with E-state index >= 15 is 0 Å². The Morgan fingerprint density at radius 2 is 1.90 bits per heavy atom. The zero-order chi connectivity index (χ0) is 16.2. The Morgan fingerprint density at radius 1 is 1.29 bits per heavy atom. The standard InChI is InChI=1S/C16H26N2O3/c1-16(2,3)14(17)15(19)18(4)10-11-8-7-9-12(20-5)13(11)21-6/h7-9,14H,10,17H2,1-6H3/t14-/m1/s1. The summed E-state index contributed by atoms with van der Waals surface area (Å²) in [7, 11) is 4.92. The molecule has 2 N–H and O–H groups in total. The third kappa shape index (κ3) is 4.11. The summed E-state index contributed by atoms with van der Waals surface area (Å²) < 4.78 is 10.6. The first-order valence-electron chi connectivity index (χ1n) is 6.92. The normalized spacial score (nSPS) is 12.7. The van der Waals surface area contributed by atoms with Crippen LogP contribution in [0.4, 0.5) is 0 Å². The van der Waals surface area contributed by atoms with Crippen LogP contribution in [0.15, 0.2) is 18.2 Å². The van der Waals surface area contributed by atoms with Gasteiger partial charge in [-0.3, -0.25) is 4.79 Å². The Hall–Kier alpha value is -1.75. The highest BCUT2D eigenvalue weighted by Crippen LogP contribution is 2.31. The van der Waals surface area contributed by atoms with Crippen molar-refractivity contribution in [2.24, 2.45) is 11.1 Å². The van der Waals surface area contributed by atoms with Gasteiger partial charge < -0.3 is 20.1 Å². The summed E-state index contributed by atoms with van der Waals surface area (Å²) >= 11 is 0. The zero-order valence-electron chi connectivity index (χ0n) is 13.8. The SMILES string of the molecule is COc1cccc(CN(C)C(=O)[C@@H](N)C(C)(C)C)c1OC. The van der Waals surface area contributed by atoms with Crippen LogP contribution >= 0.6 is 0 Å². The maximum atomic E-state index is 12.4. The Kier molecular flexibility index (Phi) is 5.61. The summed E-state index contributed by atoms with van der Waals surface area (Å²) in [5.74, 6) is 1.20. The molecule has 0 aliphatic rings. The maximum Gasteiger partial charge on any atom is 0.240 e. The van der Waals surface area contributed by atoms with Crippen LogP contribution in [0.2, 0.25) is 0 Å². The molecule has 5 nitrogen and oxygen atoms in total. The lowest BCUT2D eigenvalue weighted by Gasteiger charge is -2.30. The monoisotopic (exact) mass is 294 g/mol. The van der Waals surface area contributed by atoms with Crippen LogP contribution in [0.5, 0.6) is 11.5 Å². The highest BCUT2D eigenvalue weighted by molar-refractivity contribution is 5.82. The molecule has 118 valence electrons. The third-order valence-electron chi connectivity index (χ3n) is 3.47. The summed E-state index contributed by atoms with van der Waals surface area (Å²) in [6, 6.07) is 5.07. The van der Waals surface area contributed by atoms with Gasteiger partial charge in [-0.2, -0.15) is 0 Å². The van der Waals surface area contributed by atoms with Crippen LogP contribution in [-0.4, -0.2) is 38.1 Å². The number of nitrogens with two attached hydrogens (primary N) is 1. The van der Waals surface area contributed by atoms with Crippen molar-refractivity contribution >= 4 is 5.91 Å². The summed E-state index contributed by atoms with van der Waals surface area (Å²) in [6.07, 6.45) is 0. The van der Waals surface area contributed by atoms with Crippen molar-refractivity contribution in [3.05, 3.63) is 23.8 Å². The lowest BCUT2D eigenvalue weighted by atomic mass is 9.86. The third-order valence-corrected chi connectivity index (χ3v) is 3.47. The average Bonchev–Trinajstić information content (AvgIpc) is 2.44. The van der Waals surface area contributed by atoms with Gasteiger partial charge in [0, 0.05) is 19.2 Å². The Balaban J connectivity index is 2.94. The molecule has 1 atom stereocenters. The molecule has 0 fully saturated rings. The van der Waals surface area contributed by atoms with Gasteiger partial charge in [-0.05, 0) is 11.5 Å². The molecule has 1 aromatic carbocycles. The molecule has 0 spiro atoms. The highest BCUT2D eigenvalue weighted by atomic mass is 16.5. The van der Waals surface area contributed by atoms with Crippen LogP contribution in [0, 0.1) is 5.41 Å². The number of nitrogens with zero attached hydrogens (tertiary/aromatic N) is 1. The van der Waals surface area contributed by atoms with Gasteiger partial charge in [-0.25, -0.2) is 0 Å². The van der Waals surface area contributed by atoms with E-state index in [0.29, 0.717) is 18.0 Å². The lowest BCUT2D eigenvalue weighted by Crippen LogP contribution is -2.48. The van der Waals surface area contributed by atoms with Gasteiger partial charge in [-0.15, -0.1) is 0 Å². The molecule has 0 saturated carbocycles. The maximum absolute atomic E-state index is 12.4. The molecule has 0 saturated heterocycles. The minimum absolute atomic E-state index is 0.0904. The molecule has 0 aliphatic carbocycles. The zero-order valence-corrected chi connectivity index (χ0v) is 13.8. The number of hydrogen-bond acceptors (Lipinski definition) is 4. The molecular weight excluding hydrogens is 268 g/mol. The topological polar surface area (TPSA) is 64.8 Å². The van der Waals surface area contributed by atoms with Crippen molar-refractivity contribution in [3.63, 3.8) is 0 Å². The largest absolute Gasteiger partial charge is 0.493 e.